The third-order valence-corrected chi connectivity index (χ3v) is 11.0. The number of aliphatic hydroxyl groups is 1. The highest BCUT2D eigenvalue weighted by atomic mass is 16.5. The van der Waals surface area contributed by atoms with Gasteiger partial charge in [0.1, 0.15) is 11.9 Å². The molecule has 41 heavy (non-hydrogen) atoms. The van der Waals surface area contributed by atoms with E-state index in [-0.39, 0.29) is 36.1 Å². The number of rotatable bonds is 12. The number of ether oxygens (including phenoxy) is 2. The molecule has 228 valence electrons. The normalized spacial score (nSPS) is 34.8. The Morgan fingerprint density at radius 3 is 2.49 bits per heavy atom. The van der Waals surface area contributed by atoms with Gasteiger partial charge in [0.05, 0.1) is 11.5 Å². The van der Waals surface area contributed by atoms with Crippen molar-refractivity contribution < 1.29 is 29.3 Å². The number of carbonyl (C=O) groups excluding carboxylic acids is 1. The molecule has 0 amide bonds. The monoisotopic (exact) mass is 568 g/mol. The van der Waals surface area contributed by atoms with Gasteiger partial charge in [-0.2, -0.15) is 0 Å². The highest BCUT2D eigenvalue weighted by Gasteiger charge is 2.51. The van der Waals surface area contributed by atoms with E-state index in [4.69, 9.17) is 14.6 Å². The second kappa shape index (κ2) is 13.1. The van der Waals surface area contributed by atoms with Gasteiger partial charge >= 0.3 is 11.9 Å². The van der Waals surface area contributed by atoms with Gasteiger partial charge in [0, 0.05) is 0 Å². The summed E-state index contributed by atoms with van der Waals surface area (Å²) in [5.74, 6) is 2.52. The van der Waals surface area contributed by atoms with Crippen molar-refractivity contribution in [1.29, 1.82) is 0 Å². The van der Waals surface area contributed by atoms with Crippen LogP contribution in [0.1, 0.15) is 109 Å². The average molecular weight is 569 g/mol. The second-order valence-electron chi connectivity index (χ2n) is 14.4. The van der Waals surface area contributed by atoms with Crippen LogP contribution < -0.4 is 4.74 Å². The van der Waals surface area contributed by atoms with Crippen LogP contribution in [0.3, 0.4) is 0 Å². The molecule has 3 saturated carbocycles. The Morgan fingerprint density at radius 2 is 1.78 bits per heavy atom. The molecule has 7 atom stereocenters. The molecule has 4 aliphatic carbocycles. The van der Waals surface area contributed by atoms with E-state index in [1.54, 1.807) is 0 Å². The first-order chi connectivity index (χ1) is 19.7. The van der Waals surface area contributed by atoms with Crippen molar-refractivity contribution in [2.45, 2.75) is 123 Å². The number of hydrogen-bond donors (Lipinski definition) is 2. The predicted molar refractivity (Wildman–Crippen MR) is 159 cm³/mol. The fourth-order valence-electron chi connectivity index (χ4n) is 9.57. The van der Waals surface area contributed by atoms with Crippen LogP contribution in [0.4, 0.5) is 0 Å². The van der Waals surface area contributed by atoms with E-state index in [0.717, 1.165) is 82.6 Å². The highest BCUT2D eigenvalue weighted by Crippen LogP contribution is 2.54. The van der Waals surface area contributed by atoms with Gasteiger partial charge in [-0.1, -0.05) is 45.7 Å². The first kappa shape index (κ1) is 30.4. The van der Waals surface area contributed by atoms with Gasteiger partial charge in [-0.3, -0.25) is 4.79 Å². The van der Waals surface area contributed by atoms with Crippen LogP contribution in [0.5, 0.6) is 5.75 Å². The number of aliphatic hydroxyl groups excluding tert-OH is 1. The van der Waals surface area contributed by atoms with Crippen LogP contribution in [0.15, 0.2) is 18.2 Å². The minimum absolute atomic E-state index is 0.0624. The Morgan fingerprint density at radius 1 is 1.02 bits per heavy atom. The van der Waals surface area contributed by atoms with Crippen molar-refractivity contribution in [1.82, 2.24) is 0 Å². The van der Waals surface area contributed by atoms with E-state index in [9.17, 15) is 14.7 Å². The molecule has 0 radical (unpaired) electrons. The van der Waals surface area contributed by atoms with Crippen LogP contribution >= 0.6 is 0 Å². The summed E-state index contributed by atoms with van der Waals surface area (Å²) in [6, 6.07) is 5.93. The van der Waals surface area contributed by atoms with Gasteiger partial charge in [-0.25, -0.2) is 4.79 Å². The summed E-state index contributed by atoms with van der Waals surface area (Å²) in [4.78, 5) is 25.0. The van der Waals surface area contributed by atoms with Crippen LogP contribution in [-0.2, 0) is 27.2 Å². The predicted octanol–water partition coefficient (Wildman–Crippen LogP) is 6.99. The van der Waals surface area contributed by atoms with Gasteiger partial charge in [-0.05, 0) is 130 Å². The van der Waals surface area contributed by atoms with Gasteiger partial charge in [0.2, 0.25) is 0 Å². The number of fused-ring (bicyclic) bond motifs is 4. The molecule has 6 heteroatoms. The lowest BCUT2D eigenvalue weighted by Crippen LogP contribution is -2.46. The number of aliphatic carboxylic acids is 1. The van der Waals surface area contributed by atoms with Crippen molar-refractivity contribution in [2.75, 3.05) is 6.61 Å². The number of esters is 1. The molecule has 0 saturated heterocycles. The van der Waals surface area contributed by atoms with Gasteiger partial charge in [-0.15, -0.1) is 0 Å². The zero-order chi connectivity index (χ0) is 29.1. The first-order valence-electron chi connectivity index (χ1n) is 16.5. The molecule has 4 aliphatic rings. The van der Waals surface area contributed by atoms with Crippen LogP contribution in [0.2, 0.25) is 0 Å². The molecule has 0 spiro atoms. The van der Waals surface area contributed by atoms with E-state index in [0.29, 0.717) is 35.3 Å². The largest absolute Gasteiger partial charge is 0.482 e. The molecule has 6 nitrogen and oxygen atoms in total. The van der Waals surface area contributed by atoms with E-state index in [2.05, 4.69) is 26.8 Å². The number of carbonyl (C=O) groups is 2. The second-order valence-corrected chi connectivity index (χ2v) is 14.4. The number of hydrogen-bond acceptors (Lipinski definition) is 5. The molecule has 1 aromatic rings. The molecular formula is C35H52O6. The molecule has 2 bridgehead atoms. The number of carboxylic acids is 1. The number of unbranched alkanes of at least 4 members (excludes halogenated alkanes) is 2. The maximum Gasteiger partial charge on any atom is 0.341 e. The maximum atomic E-state index is 13.9. The molecule has 3 fully saturated rings. The minimum atomic E-state index is -0.975. The van der Waals surface area contributed by atoms with Crippen molar-refractivity contribution in [3.05, 3.63) is 29.3 Å². The fourth-order valence-corrected chi connectivity index (χ4v) is 9.57. The molecule has 2 N–H and O–H groups in total. The Hall–Kier alpha value is -2.08. The minimum Gasteiger partial charge on any atom is -0.482 e. The van der Waals surface area contributed by atoms with Crippen molar-refractivity contribution in [3.8, 4) is 5.75 Å². The molecular weight excluding hydrogens is 516 g/mol. The lowest BCUT2D eigenvalue weighted by Gasteiger charge is -2.48. The Labute approximate surface area is 246 Å². The van der Waals surface area contributed by atoms with Gasteiger partial charge in [0.25, 0.3) is 0 Å². The van der Waals surface area contributed by atoms with Gasteiger partial charge in [0.15, 0.2) is 6.61 Å². The van der Waals surface area contributed by atoms with Crippen molar-refractivity contribution in [3.63, 3.8) is 0 Å². The van der Waals surface area contributed by atoms with E-state index in [1.165, 1.54) is 18.4 Å². The lowest BCUT2D eigenvalue weighted by molar-refractivity contribution is -0.172. The average Bonchev–Trinajstić information content (AvgIpc) is 3.21. The summed E-state index contributed by atoms with van der Waals surface area (Å²) in [5.41, 5.74) is 2.02. The highest BCUT2D eigenvalue weighted by molar-refractivity contribution is 5.77. The summed E-state index contributed by atoms with van der Waals surface area (Å²) >= 11 is 0. The topological polar surface area (TPSA) is 93.1 Å². The zero-order valence-corrected chi connectivity index (χ0v) is 25.5. The summed E-state index contributed by atoms with van der Waals surface area (Å²) in [6.45, 7) is 6.49. The van der Waals surface area contributed by atoms with Crippen LogP contribution in [0.25, 0.3) is 0 Å². The SMILES string of the molecule is CCCCC[C@@H](CC[C@@H]1[C@H]2Cc3cccc(OCC(=O)O)c3C[C@H]2C[C@H]1O)OC(=O)C12CC(C)CC(CC(C)C1)C2. The van der Waals surface area contributed by atoms with E-state index < -0.39 is 5.97 Å². The van der Waals surface area contributed by atoms with E-state index >= 15 is 0 Å². The Balaban J connectivity index is 1.25. The summed E-state index contributed by atoms with van der Waals surface area (Å²) in [7, 11) is 0. The maximum absolute atomic E-state index is 13.9. The number of carboxylic acid groups (broad SMARTS) is 1. The summed E-state index contributed by atoms with van der Waals surface area (Å²) in [5, 5.41) is 20.3. The fraction of sp³-hybridized carbons (Fsp3) is 0.771. The quantitative estimate of drug-likeness (QED) is 0.209. The smallest absolute Gasteiger partial charge is 0.341 e. The third-order valence-electron chi connectivity index (χ3n) is 11.0. The molecule has 5 rings (SSSR count). The lowest BCUT2D eigenvalue weighted by atomic mass is 9.57. The van der Waals surface area contributed by atoms with E-state index in [1.807, 2.05) is 12.1 Å². The number of benzene rings is 1. The van der Waals surface area contributed by atoms with Crippen LogP contribution in [0, 0.1) is 40.9 Å². The van der Waals surface area contributed by atoms with Crippen molar-refractivity contribution in [2.24, 2.45) is 40.9 Å². The molecule has 2 unspecified atom stereocenters. The third kappa shape index (κ3) is 6.95. The summed E-state index contributed by atoms with van der Waals surface area (Å²) < 4.78 is 12.1. The molecule has 0 heterocycles. The molecule has 1 aromatic carbocycles. The molecule has 0 aromatic heterocycles. The first-order valence-corrected chi connectivity index (χ1v) is 16.5. The van der Waals surface area contributed by atoms with Gasteiger partial charge < -0.3 is 19.7 Å². The zero-order valence-electron chi connectivity index (χ0n) is 25.5. The summed E-state index contributed by atoms with van der Waals surface area (Å²) in [6.07, 6.45) is 13.4. The van der Waals surface area contributed by atoms with Crippen LogP contribution in [-0.4, -0.2) is 41.0 Å². The Bertz CT molecular complexity index is 1050. The standard InChI is InChI=1S/C35H52O6/c1-4-5-6-9-27(41-34(39)35-18-22(2)13-24(20-35)14-23(3)19-35)11-12-28-29-15-25-8-7-10-32(40-21-33(37)38)30(25)16-26(29)17-31(28)36/h7-8,10,22-24,26-29,31,36H,4-6,9,11-21H2,1-3H3,(H,37,38)/t22?,23?,24?,26-,27-,28+,29-,31+,35?/m0/s1. The van der Waals surface area contributed by atoms with Crippen molar-refractivity contribution >= 4 is 11.9 Å². The Kier molecular flexibility index (Phi) is 9.67. The molecule has 0 aliphatic heterocycles.